The molecule has 124 valence electrons. The van der Waals surface area contributed by atoms with Gasteiger partial charge < -0.3 is 25.2 Å². The molecule has 6 nitrogen and oxygen atoms in total. The Kier molecular flexibility index (Phi) is 9.37. The fraction of sp³-hybridized carbons (Fsp3) is 0.933. The van der Waals surface area contributed by atoms with Crippen molar-refractivity contribution in [2.45, 2.75) is 13.8 Å². The summed E-state index contributed by atoms with van der Waals surface area (Å²) in [6.45, 7) is 14.1. The molecule has 0 aromatic heterocycles. The van der Waals surface area contributed by atoms with Gasteiger partial charge in [0.1, 0.15) is 0 Å². The lowest BCUT2D eigenvalue weighted by molar-refractivity contribution is 0.124. The lowest BCUT2D eigenvalue weighted by atomic mass is 10.1. The van der Waals surface area contributed by atoms with Crippen LogP contribution in [0, 0.1) is 5.92 Å². The van der Waals surface area contributed by atoms with Gasteiger partial charge in [0.15, 0.2) is 5.96 Å². The lowest BCUT2D eigenvalue weighted by Crippen LogP contribution is -2.48. The van der Waals surface area contributed by atoms with Gasteiger partial charge in [-0.25, -0.2) is 0 Å². The van der Waals surface area contributed by atoms with Gasteiger partial charge in [-0.3, -0.25) is 4.99 Å². The van der Waals surface area contributed by atoms with E-state index in [-0.39, 0.29) is 0 Å². The Labute approximate surface area is 129 Å². The number of nitrogens with zero attached hydrogens (tertiary/aromatic N) is 3. The van der Waals surface area contributed by atoms with Crippen molar-refractivity contribution in [2.24, 2.45) is 10.9 Å². The molecule has 0 aliphatic carbocycles. The second-order valence-corrected chi connectivity index (χ2v) is 5.71. The zero-order chi connectivity index (χ0) is 15.5. The van der Waals surface area contributed by atoms with E-state index in [1.54, 1.807) is 14.2 Å². The lowest BCUT2D eigenvalue weighted by Gasteiger charge is -2.35. The van der Waals surface area contributed by atoms with Gasteiger partial charge >= 0.3 is 0 Å². The Balaban J connectivity index is 2.16. The second-order valence-electron chi connectivity index (χ2n) is 5.71. The van der Waals surface area contributed by atoms with Crippen LogP contribution >= 0.6 is 0 Å². The van der Waals surface area contributed by atoms with Gasteiger partial charge in [-0.05, 0) is 12.5 Å². The largest absolute Gasteiger partial charge is 0.383 e. The van der Waals surface area contributed by atoms with E-state index >= 15 is 0 Å². The number of hydrogen-bond acceptors (Lipinski definition) is 4. The molecule has 0 radical (unpaired) electrons. The van der Waals surface area contributed by atoms with Crippen molar-refractivity contribution in [1.82, 2.24) is 20.4 Å². The number of nitrogens with one attached hydrogen (secondary N) is 2. The average Bonchev–Trinajstić information content (AvgIpc) is 2.51. The van der Waals surface area contributed by atoms with E-state index in [0.29, 0.717) is 12.5 Å². The van der Waals surface area contributed by atoms with Gasteiger partial charge in [-0.15, -0.1) is 0 Å². The van der Waals surface area contributed by atoms with Crippen LogP contribution in [0.4, 0.5) is 0 Å². The van der Waals surface area contributed by atoms with Crippen LogP contribution in [0.25, 0.3) is 0 Å². The Bertz CT molecular complexity index is 290. The van der Waals surface area contributed by atoms with E-state index in [4.69, 9.17) is 4.74 Å². The molecule has 6 heteroatoms. The highest BCUT2D eigenvalue weighted by molar-refractivity contribution is 5.79. The quantitative estimate of drug-likeness (QED) is 0.377. The van der Waals surface area contributed by atoms with Crippen molar-refractivity contribution in [3.8, 4) is 0 Å². The van der Waals surface area contributed by atoms with Crippen LogP contribution in [0.15, 0.2) is 4.99 Å². The van der Waals surface area contributed by atoms with Crippen molar-refractivity contribution in [3.05, 3.63) is 0 Å². The van der Waals surface area contributed by atoms with Crippen LogP contribution in [-0.4, -0.2) is 88.9 Å². The van der Waals surface area contributed by atoms with Crippen LogP contribution in [0.2, 0.25) is 0 Å². The van der Waals surface area contributed by atoms with Gasteiger partial charge in [0.25, 0.3) is 0 Å². The minimum absolute atomic E-state index is 0.610. The first kappa shape index (κ1) is 18.2. The van der Waals surface area contributed by atoms with Crippen molar-refractivity contribution < 1.29 is 4.74 Å². The standard InChI is InChI=1S/C15H33N5O/c1-5-19-7-9-20(10-8-19)13-14(2)12-18-15(16-3)17-6-11-21-4/h14H,5-13H2,1-4H3,(H2,16,17,18). The molecule has 1 fully saturated rings. The number of methoxy groups -OCH3 is 1. The number of hydrogen-bond donors (Lipinski definition) is 2. The van der Waals surface area contributed by atoms with E-state index in [1.807, 2.05) is 0 Å². The summed E-state index contributed by atoms with van der Waals surface area (Å²) in [4.78, 5) is 9.30. The number of guanidine groups is 1. The van der Waals surface area contributed by atoms with Gasteiger partial charge in [0.05, 0.1) is 6.61 Å². The maximum absolute atomic E-state index is 5.02. The molecule has 1 aliphatic heterocycles. The van der Waals surface area contributed by atoms with Crippen molar-refractivity contribution >= 4 is 5.96 Å². The smallest absolute Gasteiger partial charge is 0.191 e. The summed E-state index contributed by atoms with van der Waals surface area (Å²) in [5.74, 6) is 1.47. The van der Waals surface area contributed by atoms with E-state index < -0.39 is 0 Å². The zero-order valence-corrected chi connectivity index (χ0v) is 14.2. The van der Waals surface area contributed by atoms with Gasteiger partial charge in [0, 0.05) is 60.0 Å². The normalized spacial score (nSPS) is 19.5. The first-order valence-corrected chi connectivity index (χ1v) is 8.07. The van der Waals surface area contributed by atoms with E-state index in [0.717, 1.165) is 25.6 Å². The van der Waals surface area contributed by atoms with Crippen LogP contribution in [0.1, 0.15) is 13.8 Å². The average molecular weight is 299 g/mol. The summed E-state index contributed by atoms with van der Waals surface area (Å²) in [7, 11) is 3.51. The number of piperazine rings is 1. The summed E-state index contributed by atoms with van der Waals surface area (Å²) in [6.07, 6.45) is 0. The summed E-state index contributed by atoms with van der Waals surface area (Å²) >= 11 is 0. The van der Waals surface area contributed by atoms with Gasteiger partial charge in [-0.2, -0.15) is 0 Å². The zero-order valence-electron chi connectivity index (χ0n) is 14.2. The Morgan fingerprint density at radius 3 is 2.43 bits per heavy atom. The molecule has 1 rings (SSSR count). The second kappa shape index (κ2) is 10.8. The fourth-order valence-electron chi connectivity index (χ4n) is 2.56. The highest BCUT2D eigenvalue weighted by atomic mass is 16.5. The maximum atomic E-state index is 5.02. The third-order valence-electron chi connectivity index (χ3n) is 3.92. The summed E-state index contributed by atoms with van der Waals surface area (Å²) in [6, 6.07) is 0. The number of ether oxygens (including phenoxy) is 1. The van der Waals surface area contributed by atoms with E-state index in [2.05, 4.69) is 39.3 Å². The topological polar surface area (TPSA) is 52.1 Å². The highest BCUT2D eigenvalue weighted by Crippen LogP contribution is 2.04. The monoisotopic (exact) mass is 299 g/mol. The number of likely N-dealkylation sites (N-methyl/N-ethyl adjacent to an activating group) is 1. The van der Waals surface area contributed by atoms with Crippen molar-refractivity contribution in [2.75, 3.05) is 73.1 Å². The minimum atomic E-state index is 0.610. The van der Waals surface area contributed by atoms with Crippen molar-refractivity contribution in [1.29, 1.82) is 0 Å². The molecule has 2 N–H and O–H groups in total. The summed E-state index contributed by atoms with van der Waals surface area (Å²) in [5, 5.41) is 6.62. The molecule has 21 heavy (non-hydrogen) atoms. The van der Waals surface area contributed by atoms with Gasteiger partial charge in [0.2, 0.25) is 0 Å². The molecule has 1 saturated heterocycles. The predicted molar refractivity (Wildman–Crippen MR) is 89.0 cm³/mol. The first-order valence-electron chi connectivity index (χ1n) is 8.07. The molecule has 1 atom stereocenters. The van der Waals surface area contributed by atoms with Crippen LogP contribution in [0.5, 0.6) is 0 Å². The Morgan fingerprint density at radius 2 is 1.86 bits per heavy atom. The fourth-order valence-corrected chi connectivity index (χ4v) is 2.56. The maximum Gasteiger partial charge on any atom is 0.191 e. The molecule has 0 amide bonds. The Morgan fingerprint density at radius 1 is 1.19 bits per heavy atom. The first-order chi connectivity index (χ1) is 10.2. The highest BCUT2D eigenvalue weighted by Gasteiger charge is 2.17. The molecular weight excluding hydrogens is 266 g/mol. The molecule has 1 aliphatic rings. The molecule has 0 aromatic rings. The predicted octanol–water partition coefficient (Wildman–Crippen LogP) is 0.0714. The third kappa shape index (κ3) is 7.64. The van der Waals surface area contributed by atoms with Crippen molar-refractivity contribution in [3.63, 3.8) is 0 Å². The molecule has 1 unspecified atom stereocenters. The van der Waals surface area contributed by atoms with E-state index in [9.17, 15) is 0 Å². The van der Waals surface area contributed by atoms with Crippen LogP contribution in [-0.2, 0) is 4.74 Å². The molecule has 0 bridgehead atoms. The minimum Gasteiger partial charge on any atom is -0.383 e. The Hall–Kier alpha value is -0.850. The molecule has 0 spiro atoms. The molecule has 0 aromatic carbocycles. The molecule has 0 saturated carbocycles. The SMILES string of the molecule is CCN1CCN(CC(C)CNC(=NC)NCCOC)CC1. The summed E-state index contributed by atoms with van der Waals surface area (Å²) < 4.78 is 5.02. The third-order valence-corrected chi connectivity index (χ3v) is 3.92. The van der Waals surface area contributed by atoms with Crippen LogP contribution < -0.4 is 10.6 Å². The van der Waals surface area contributed by atoms with Crippen LogP contribution in [0.3, 0.4) is 0 Å². The summed E-state index contributed by atoms with van der Waals surface area (Å²) in [5.41, 5.74) is 0. The molecular formula is C15H33N5O. The number of rotatable bonds is 8. The van der Waals surface area contributed by atoms with E-state index in [1.165, 1.54) is 32.7 Å². The number of aliphatic imine (C=N–C) groups is 1. The van der Waals surface area contributed by atoms with Gasteiger partial charge in [-0.1, -0.05) is 13.8 Å². The molecule has 1 heterocycles.